The van der Waals surface area contributed by atoms with Crippen LogP contribution in [0.2, 0.25) is 0 Å². The van der Waals surface area contributed by atoms with Crippen LogP contribution in [0.5, 0.6) is 5.75 Å². The predicted octanol–water partition coefficient (Wildman–Crippen LogP) is 4.78. The Morgan fingerprint density at radius 3 is 2.60 bits per heavy atom. The lowest BCUT2D eigenvalue weighted by Gasteiger charge is -2.11. The fourth-order valence-electron chi connectivity index (χ4n) is 2.02. The lowest BCUT2D eigenvalue weighted by molar-refractivity contribution is 0.103. The summed E-state index contributed by atoms with van der Waals surface area (Å²) >= 11 is 3.41. The van der Waals surface area contributed by atoms with E-state index in [9.17, 15) is 4.79 Å². The molecule has 0 spiro atoms. The maximum absolute atomic E-state index is 12.7. The number of rotatable bonds is 5. The molecule has 0 N–H and O–H groups in total. The second-order valence-corrected chi connectivity index (χ2v) is 5.55. The summed E-state index contributed by atoms with van der Waals surface area (Å²) < 4.78 is 6.64. The van der Waals surface area contributed by atoms with E-state index in [4.69, 9.17) is 4.74 Å². The van der Waals surface area contributed by atoms with E-state index >= 15 is 0 Å². The van der Waals surface area contributed by atoms with Gasteiger partial charge in [0.05, 0.1) is 12.2 Å². The Morgan fingerprint density at radius 2 is 1.90 bits per heavy atom. The van der Waals surface area contributed by atoms with E-state index in [-0.39, 0.29) is 5.78 Å². The van der Waals surface area contributed by atoms with E-state index in [2.05, 4.69) is 15.9 Å². The number of carbonyl (C=O) groups excluding carboxylic acids is 1. The van der Waals surface area contributed by atoms with Crippen molar-refractivity contribution in [3.8, 4) is 5.75 Å². The van der Waals surface area contributed by atoms with Gasteiger partial charge in [0.2, 0.25) is 0 Å². The van der Waals surface area contributed by atoms with Gasteiger partial charge in [-0.05, 0) is 49.2 Å². The zero-order chi connectivity index (χ0) is 14.5. The molecule has 0 bridgehead atoms. The van der Waals surface area contributed by atoms with Crippen LogP contribution in [0.3, 0.4) is 0 Å². The molecule has 0 aromatic heterocycles. The van der Waals surface area contributed by atoms with Crippen molar-refractivity contribution in [3.63, 3.8) is 0 Å². The standard InChI is InChI=1S/C17H17BrO2/c1-3-10-20-16-7-5-4-6-15(16)17(19)14-9-8-13(18)11-12(14)2/h4-9,11H,3,10H2,1-2H3. The minimum atomic E-state index is 0.00158. The van der Waals surface area contributed by atoms with Crippen molar-refractivity contribution in [1.82, 2.24) is 0 Å². The van der Waals surface area contributed by atoms with Gasteiger partial charge >= 0.3 is 0 Å². The van der Waals surface area contributed by atoms with E-state index < -0.39 is 0 Å². The summed E-state index contributed by atoms with van der Waals surface area (Å²) in [5.74, 6) is 0.656. The van der Waals surface area contributed by atoms with Gasteiger partial charge in [-0.3, -0.25) is 4.79 Å². The van der Waals surface area contributed by atoms with Crippen LogP contribution in [-0.2, 0) is 0 Å². The highest BCUT2D eigenvalue weighted by Gasteiger charge is 2.16. The van der Waals surface area contributed by atoms with E-state index in [1.54, 1.807) is 0 Å². The van der Waals surface area contributed by atoms with Crippen LogP contribution in [-0.4, -0.2) is 12.4 Å². The molecule has 2 aromatic rings. The molecule has 0 unspecified atom stereocenters. The molecule has 20 heavy (non-hydrogen) atoms. The third kappa shape index (κ3) is 3.28. The minimum absolute atomic E-state index is 0.00158. The molecular weight excluding hydrogens is 316 g/mol. The van der Waals surface area contributed by atoms with Gasteiger partial charge in [0.15, 0.2) is 5.78 Å². The van der Waals surface area contributed by atoms with Crippen molar-refractivity contribution in [2.45, 2.75) is 20.3 Å². The molecule has 2 aromatic carbocycles. The van der Waals surface area contributed by atoms with Gasteiger partial charge < -0.3 is 4.74 Å². The number of ether oxygens (including phenoxy) is 1. The van der Waals surface area contributed by atoms with Crippen LogP contribution in [0.15, 0.2) is 46.9 Å². The SMILES string of the molecule is CCCOc1ccccc1C(=O)c1ccc(Br)cc1C. The Morgan fingerprint density at radius 1 is 1.15 bits per heavy atom. The highest BCUT2D eigenvalue weighted by Crippen LogP contribution is 2.24. The zero-order valence-electron chi connectivity index (χ0n) is 11.7. The van der Waals surface area contributed by atoms with E-state index in [1.165, 1.54) is 0 Å². The van der Waals surface area contributed by atoms with E-state index in [0.717, 1.165) is 16.5 Å². The number of hydrogen-bond donors (Lipinski definition) is 0. The summed E-state index contributed by atoms with van der Waals surface area (Å²) in [6.45, 7) is 4.60. The van der Waals surface area contributed by atoms with Crippen LogP contribution in [0.25, 0.3) is 0 Å². The fourth-order valence-corrected chi connectivity index (χ4v) is 2.49. The first kappa shape index (κ1) is 14.8. The molecule has 0 saturated carbocycles. The highest BCUT2D eigenvalue weighted by atomic mass is 79.9. The number of carbonyl (C=O) groups is 1. The van der Waals surface area contributed by atoms with Crippen molar-refractivity contribution in [2.75, 3.05) is 6.61 Å². The summed E-state index contributed by atoms with van der Waals surface area (Å²) in [6.07, 6.45) is 0.917. The van der Waals surface area contributed by atoms with Crippen LogP contribution in [0.1, 0.15) is 34.8 Å². The van der Waals surface area contributed by atoms with Crippen molar-refractivity contribution in [2.24, 2.45) is 0 Å². The van der Waals surface area contributed by atoms with E-state index in [0.29, 0.717) is 23.5 Å². The molecule has 0 aliphatic carbocycles. The summed E-state index contributed by atoms with van der Waals surface area (Å²) in [5.41, 5.74) is 2.28. The van der Waals surface area contributed by atoms with Crippen LogP contribution >= 0.6 is 15.9 Å². The lowest BCUT2D eigenvalue weighted by atomic mass is 9.98. The summed E-state index contributed by atoms with van der Waals surface area (Å²) in [6, 6.07) is 13.1. The van der Waals surface area contributed by atoms with Crippen molar-refractivity contribution in [1.29, 1.82) is 0 Å². The first-order valence-corrected chi connectivity index (χ1v) is 7.45. The number of aryl methyl sites for hydroxylation is 1. The maximum atomic E-state index is 12.7. The molecule has 0 amide bonds. The van der Waals surface area contributed by atoms with Crippen LogP contribution in [0.4, 0.5) is 0 Å². The van der Waals surface area contributed by atoms with Crippen molar-refractivity contribution < 1.29 is 9.53 Å². The zero-order valence-corrected chi connectivity index (χ0v) is 13.2. The normalized spacial score (nSPS) is 10.3. The Balaban J connectivity index is 2.38. The Bertz CT molecular complexity index is 620. The number of halogens is 1. The molecule has 2 nitrogen and oxygen atoms in total. The van der Waals surface area contributed by atoms with Crippen LogP contribution in [0, 0.1) is 6.92 Å². The first-order valence-electron chi connectivity index (χ1n) is 6.66. The number of para-hydroxylation sites is 1. The molecule has 104 valence electrons. The maximum Gasteiger partial charge on any atom is 0.197 e. The smallest absolute Gasteiger partial charge is 0.197 e. The van der Waals surface area contributed by atoms with Gasteiger partial charge in [-0.2, -0.15) is 0 Å². The third-order valence-electron chi connectivity index (χ3n) is 3.03. The Kier molecular flexibility index (Phi) is 4.96. The van der Waals surface area contributed by atoms with Gasteiger partial charge in [0.25, 0.3) is 0 Å². The monoisotopic (exact) mass is 332 g/mol. The largest absolute Gasteiger partial charge is 0.493 e. The molecule has 3 heteroatoms. The van der Waals surface area contributed by atoms with Gasteiger partial charge in [-0.15, -0.1) is 0 Å². The molecule has 2 rings (SSSR count). The molecule has 0 aliphatic heterocycles. The summed E-state index contributed by atoms with van der Waals surface area (Å²) in [7, 11) is 0. The van der Waals surface area contributed by atoms with Gasteiger partial charge in [0, 0.05) is 10.0 Å². The van der Waals surface area contributed by atoms with E-state index in [1.807, 2.05) is 56.3 Å². The lowest BCUT2D eigenvalue weighted by Crippen LogP contribution is -2.07. The average Bonchev–Trinajstić information content (AvgIpc) is 2.45. The molecule has 0 saturated heterocycles. The second kappa shape index (κ2) is 6.71. The number of benzene rings is 2. The minimum Gasteiger partial charge on any atom is -0.493 e. The molecule has 0 fully saturated rings. The quantitative estimate of drug-likeness (QED) is 0.736. The van der Waals surface area contributed by atoms with Gasteiger partial charge in [-0.25, -0.2) is 0 Å². The topological polar surface area (TPSA) is 26.3 Å². The molecule has 0 radical (unpaired) electrons. The van der Waals surface area contributed by atoms with Crippen molar-refractivity contribution in [3.05, 3.63) is 63.6 Å². The summed E-state index contributed by atoms with van der Waals surface area (Å²) in [5, 5.41) is 0. The number of hydrogen-bond acceptors (Lipinski definition) is 2. The molecule has 0 aliphatic rings. The highest BCUT2D eigenvalue weighted by molar-refractivity contribution is 9.10. The second-order valence-electron chi connectivity index (χ2n) is 4.63. The molecule has 0 atom stereocenters. The first-order chi connectivity index (χ1) is 9.63. The van der Waals surface area contributed by atoms with Crippen LogP contribution < -0.4 is 4.74 Å². The fraction of sp³-hybridized carbons (Fsp3) is 0.235. The average molecular weight is 333 g/mol. The Labute approximate surface area is 127 Å². The van der Waals surface area contributed by atoms with Gasteiger partial charge in [-0.1, -0.05) is 35.0 Å². The number of ketones is 1. The molecular formula is C17H17BrO2. The summed E-state index contributed by atoms with van der Waals surface area (Å²) in [4.78, 5) is 12.7. The molecule has 0 heterocycles. The van der Waals surface area contributed by atoms with Crippen molar-refractivity contribution >= 4 is 21.7 Å². The predicted molar refractivity (Wildman–Crippen MR) is 84.5 cm³/mol. The Hall–Kier alpha value is -1.61. The third-order valence-corrected chi connectivity index (χ3v) is 3.52. The van der Waals surface area contributed by atoms with Gasteiger partial charge in [0.1, 0.15) is 5.75 Å².